The molecule has 0 aliphatic carbocycles. The van der Waals surface area contributed by atoms with Gasteiger partial charge < -0.3 is 15.8 Å². The minimum atomic E-state index is -0.602. The summed E-state index contributed by atoms with van der Waals surface area (Å²) in [6.45, 7) is 3.82. The molecule has 0 saturated heterocycles. The minimum absolute atomic E-state index is 0.0127. The van der Waals surface area contributed by atoms with Crippen LogP contribution >= 0.6 is 0 Å². The van der Waals surface area contributed by atoms with Crippen molar-refractivity contribution in [1.82, 2.24) is 5.32 Å². The number of amides is 1. The van der Waals surface area contributed by atoms with E-state index in [0.29, 0.717) is 25.3 Å². The number of rotatable bonds is 7. The molecule has 0 aromatic heterocycles. The lowest BCUT2D eigenvalue weighted by Crippen LogP contribution is -2.26. The number of nitrogen functional groups attached to an aromatic ring is 1. The molecular formula is C13H19FN2O2. The van der Waals surface area contributed by atoms with Crippen molar-refractivity contribution in [2.24, 2.45) is 0 Å². The Morgan fingerprint density at radius 3 is 2.89 bits per heavy atom. The molecule has 100 valence electrons. The molecule has 0 radical (unpaired) electrons. The summed E-state index contributed by atoms with van der Waals surface area (Å²) in [5.41, 5.74) is 5.72. The summed E-state index contributed by atoms with van der Waals surface area (Å²) in [4.78, 5) is 11.6. The standard InChI is InChI=1S/C13H19FN2O2/c1-2-7-18-8-3-6-16-13(17)11-5-4-10(15)9-12(11)14/h4-5,9H,2-3,6-8,15H2,1H3,(H,16,17). The van der Waals surface area contributed by atoms with Crippen LogP contribution in [-0.4, -0.2) is 25.7 Å². The normalized spacial score (nSPS) is 10.3. The lowest BCUT2D eigenvalue weighted by atomic mass is 10.2. The van der Waals surface area contributed by atoms with Crippen LogP contribution in [0.4, 0.5) is 10.1 Å². The molecule has 1 aromatic rings. The first-order valence-corrected chi connectivity index (χ1v) is 6.06. The Balaban J connectivity index is 2.32. The quantitative estimate of drug-likeness (QED) is 0.577. The molecule has 0 heterocycles. The zero-order chi connectivity index (χ0) is 13.4. The van der Waals surface area contributed by atoms with Gasteiger partial charge >= 0.3 is 0 Å². The second kappa shape index (κ2) is 7.66. The first-order valence-electron chi connectivity index (χ1n) is 6.06. The van der Waals surface area contributed by atoms with E-state index in [2.05, 4.69) is 5.32 Å². The van der Waals surface area contributed by atoms with Crippen LogP contribution in [0.15, 0.2) is 18.2 Å². The number of nitrogens with one attached hydrogen (secondary N) is 1. The van der Waals surface area contributed by atoms with Crippen LogP contribution in [0.5, 0.6) is 0 Å². The van der Waals surface area contributed by atoms with Gasteiger partial charge in [-0.3, -0.25) is 4.79 Å². The number of carbonyl (C=O) groups is 1. The molecule has 5 heteroatoms. The smallest absolute Gasteiger partial charge is 0.254 e. The van der Waals surface area contributed by atoms with Crippen molar-refractivity contribution in [1.29, 1.82) is 0 Å². The lowest BCUT2D eigenvalue weighted by molar-refractivity contribution is 0.0937. The monoisotopic (exact) mass is 254 g/mol. The third kappa shape index (κ3) is 4.71. The molecule has 4 nitrogen and oxygen atoms in total. The van der Waals surface area contributed by atoms with Crippen LogP contribution in [0, 0.1) is 5.82 Å². The SMILES string of the molecule is CCCOCCCNC(=O)c1ccc(N)cc1F. The lowest BCUT2D eigenvalue weighted by Gasteiger charge is -2.07. The van der Waals surface area contributed by atoms with E-state index in [9.17, 15) is 9.18 Å². The Bertz CT molecular complexity index is 397. The number of nitrogens with two attached hydrogens (primary N) is 1. The molecular weight excluding hydrogens is 235 g/mol. The summed E-state index contributed by atoms with van der Waals surface area (Å²) >= 11 is 0. The van der Waals surface area contributed by atoms with Crippen LogP contribution in [0.25, 0.3) is 0 Å². The van der Waals surface area contributed by atoms with E-state index in [1.807, 2.05) is 6.92 Å². The van der Waals surface area contributed by atoms with Crippen molar-refractivity contribution in [3.63, 3.8) is 0 Å². The maximum atomic E-state index is 13.4. The molecule has 3 N–H and O–H groups in total. The Hall–Kier alpha value is -1.62. The van der Waals surface area contributed by atoms with Gasteiger partial charge in [0.2, 0.25) is 0 Å². The summed E-state index contributed by atoms with van der Waals surface area (Å²) in [5.74, 6) is -1.03. The molecule has 1 aromatic carbocycles. The van der Waals surface area contributed by atoms with Gasteiger partial charge in [0.1, 0.15) is 5.82 Å². The van der Waals surface area contributed by atoms with Gasteiger partial charge in [0.25, 0.3) is 5.91 Å². The van der Waals surface area contributed by atoms with Crippen molar-refractivity contribution >= 4 is 11.6 Å². The molecule has 0 spiro atoms. The molecule has 0 atom stereocenters. The predicted octanol–water partition coefficient (Wildman–Crippen LogP) is 1.95. The van der Waals surface area contributed by atoms with E-state index in [1.54, 1.807) is 0 Å². The highest BCUT2D eigenvalue weighted by Crippen LogP contribution is 2.11. The average molecular weight is 254 g/mol. The van der Waals surface area contributed by atoms with Crippen LogP contribution < -0.4 is 11.1 Å². The molecule has 1 amide bonds. The number of hydrogen-bond donors (Lipinski definition) is 2. The molecule has 1 rings (SSSR count). The van der Waals surface area contributed by atoms with Crippen LogP contribution in [0.2, 0.25) is 0 Å². The fourth-order valence-corrected chi connectivity index (χ4v) is 1.43. The van der Waals surface area contributed by atoms with E-state index in [1.165, 1.54) is 12.1 Å². The predicted molar refractivity (Wildman–Crippen MR) is 68.9 cm³/mol. The second-order valence-electron chi connectivity index (χ2n) is 3.96. The van der Waals surface area contributed by atoms with Gasteiger partial charge in [-0.05, 0) is 31.0 Å². The van der Waals surface area contributed by atoms with Gasteiger partial charge in [-0.25, -0.2) is 4.39 Å². The molecule has 0 aliphatic heterocycles. The third-order valence-electron chi connectivity index (χ3n) is 2.34. The molecule has 0 fully saturated rings. The Labute approximate surface area is 106 Å². The number of hydrogen-bond acceptors (Lipinski definition) is 3. The van der Waals surface area contributed by atoms with Crippen LogP contribution in [-0.2, 0) is 4.74 Å². The zero-order valence-corrected chi connectivity index (χ0v) is 10.5. The van der Waals surface area contributed by atoms with Crippen molar-refractivity contribution in [3.05, 3.63) is 29.6 Å². The van der Waals surface area contributed by atoms with Crippen LogP contribution in [0.1, 0.15) is 30.1 Å². The van der Waals surface area contributed by atoms with Crippen molar-refractivity contribution in [2.75, 3.05) is 25.5 Å². The maximum absolute atomic E-state index is 13.4. The highest BCUT2D eigenvalue weighted by atomic mass is 19.1. The highest BCUT2D eigenvalue weighted by Gasteiger charge is 2.10. The number of ether oxygens (including phenoxy) is 1. The van der Waals surface area contributed by atoms with Gasteiger partial charge in [0.05, 0.1) is 5.56 Å². The van der Waals surface area contributed by atoms with Crippen LogP contribution in [0.3, 0.4) is 0 Å². The van der Waals surface area contributed by atoms with Gasteiger partial charge in [-0.2, -0.15) is 0 Å². The first kappa shape index (κ1) is 14.4. The van der Waals surface area contributed by atoms with Gasteiger partial charge in [0.15, 0.2) is 0 Å². The Morgan fingerprint density at radius 2 is 2.22 bits per heavy atom. The molecule has 0 saturated carbocycles. The van der Waals surface area contributed by atoms with Gasteiger partial charge in [-0.1, -0.05) is 6.92 Å². The average Bonchev–Trinajstić information content (AvgIpc) is 2.33. The van der Waals surface area contributed by atoms with Crippen molar-refractivity contribution in [2.45, 2.75) is 19.8 Å². The summed E-state index contributed by atoms with van der Waals surface area (Å²) < 4.78 is 18.7. The second-order valence-corrected chi connectivity index (χ2v) is 3.96. The van der Waals surface area contributed by atoms with E-state index < -0.39 is 11.7 Å². The van der Waals surface area contributed by atoms with Crippen molar-refractivity contribution in [3.8, 4) is 0 Å². The number of carbonyl (C=O) groups excluding carboxylic acids is 1. The van der Waals surface area contributed by atoms with E-state index >= 15 is 0 Å². The molecule has 0 bridgehead atoms. The summed E-state index contributed by atoms with van der Waals surface area (Å²) in [6.07, 6.45) is 1.69. The van der Waals surface area contributed by atoms with E-state index in [4.69, 9.17) is 10.5 Å². The minimum Gasteiger partial charge on any atom is -0.399 e. The van der Waals surface area contributed by atoms with Crippen molar-refractivity contribution < 1.29 is 13.9 Å². The third-order valence-corrected chi connectivity index (χ3v) is 2.34. The first-order chi connectivity index (χ1) is 8.65. The molecule has 0 unspecified atom stereocenters. The van der Waals surface area contributed by atoms with E-state index in [-0.39, 0.29) is 5.56 Å². The summed E-state index contributed by atoms with van der Waals surface area (Å²) in [7, 11) is 0. The fraction of sp³-hybridized carbons (Fsp3) is 0.462. The zero-order valence-electron chi connectivity index (χ0n) is 10.5. The van der Waals surface area contributed by atoms with E-state index in [0.717, 1.165) is 19.1 Å². The summed E-state index contributed by atoms with van der Waals surface area (Å²) in [5, 5.41) is 2.64. The maximum Gasteiger partial charge on any atom is 0.254 e. The number of anilines is 1. The van der Waals surface area contributed by atoms with Gasteiger partial charge in [-0.15, -0.1) is 0 Å². The Morgan fingerprint density at radius 1 is 1.44 bits per heavy atom. The fourth-order valence-electron chi connectivity index (χ4n) is 1.43. The van der Waals surface area contributed by atoms with Gasteiger partial charge in [0, 0.05) is 25.4 Å². The molecule has 18 heavy (non-hydrogen) atoms. The number of benzene rings is 1. The summed E-state index contributed by atoms with van der Waals surface area (Å²) in [6, 6.07) is 4.02. The largest absolute Gasteiger partial charge is 0.399 e. The topological polar surface area (TPSA) is 64.3 Å². The number of halogens is 1. The Kier molecular flexibility index (Phi) is 6.14. The highest BCUT2D eigenvalue weighted by molar-refractivity contribution is 5.94. The molecule has 0 aliphatic rings.